The molecule has 0 saturated heterocycles. The molecule has 0 bridgehead atoms. The van der Waals surface area contributed by atoms with Crippen molar-refractivity contribution in [2.24, 2.45) is 11.0 Å². The summed E-state index contributed by atoms with van der Waals surface area (Å²) in [4.78, 5) is 12.4. The third-order valence-corrected chi connectivity index (χ3v) is 5.21. The SMILES string of the molecule is CCOc1ccc(C=NNC(=O)[C@@H]2C[C@@H]2c2ccc(C(C)(C)C)cc2)cc1OC. The van der Waals surface area contributed by atoms with Crippen LogP contribution < -0.4 is 14.9 Å². The molecular weight excluding hydrogens is 364 g/mol. The topological polar surface area (TPSA) is 59.9 Å². The molecule has 2 atom stereocenters. The first kappa shape index (κ1) is 20.9. The van der Waals surface area contributed by atoms with E-state index in [1.807, 2.05) is 25.1 Å². The first-order chi connectivity index (χ1) is 13.8. The van der Waals surface area contributed by atoms with E-state index >= 15 is 0 Å². The third kappa shape index (κ3) is 5.17. The molecule has 1 aliphatic carbocycles. The minimum absolute atomic E-state index is 0.0116. The summed E-state index contributed by atoms with van der Waals surface area (Å²) in [5.41, 5.74) is 6.15. The Morgan fingerprint density at radius 1 is 1.17 bits per heavy atom. The second-order valence-corrected chi connectivity index (χ2v) is 8.40. The van der Waals surface area contributed by atoms with Gasteiger partial charge in [0.15, 0.2) is 11.5 Å². The summed E-state index contributed by atoms with van der Waals surface area (Å²) in [6, 6.07) is 14.2. The zero-order valence-corrected chi connectivity index (χ0v) is 17.9. The van der Waals surface area contributed by atoms with Crippen LogP contribution in [-0.4, -0.2) is 25.8 Å². The van der Waals surface area contributed by atoms with E-state index in [9.17, 15) is 4.79 Å². The van der Waals surface area contributed by atoms with Gasteiger partial charge in [-0.1, -0.05) is 45.0 Å². The number of rotatable bonds is 7. The Kier molecular flexibility index (Phi) is 6.26. The van der Waals surface area contributed by atoms with E-state index in [2.05, 4.69) is 55.6 Å². The van der Waals surface area contributed by atoms with Gasteiger partial charge in [-0.3, -0.25) is 4.79 Å². The largest absolute Gasteiger partial charge is 0.493 e. The molecule has 0 heterocycles. The van der Waals surface area contributed by atoms with E-state index in [0.717, 1.165) is 12.0 Å². The number of ether oxygens (including phenoxy) is 2. The van der Waals surface area contributed by atoms with Crippen LogP contribution >= 0.6 is 0 Å². The molecule has 2 aromatic rings. The van der Waals surface area contributed by atoms with Crippen molar-refractivity contribution < 1.29 is 14.3 Å². The van der Waals surface area contributed by atoms with Crippen molar-refractivity contribution in [3.63, 3.8) is 0 Å². The van der Waals surface area contributed by atoms with Gasteiger partial charge >= 0.3 is 0 Å². The molecule has 1 fully saturated rings. The van der Waals surface area contributed by atoms with E-state index in [1.54, 1.807) is 13.3 Å². The smallest absolute Gasteiger partial charge is 0.243 e. The van der Waals surface area contributed by atoms with E-state index in [-0.39, 0.29) is 23.2 Å². The van der Waals surface area contributed by atoms with Gasteiger partial charge in [0.1, 0.15) is 0 Å². The van der Waals surface area contributed by atoms with Crippen LogP contribution in [0.5, 0.6) is 11.5 Å². The first-order valence-electron chi connectivity index (χ1n) is 10.1. The van der Waals surface area contributed by atoms with Crippen LogP contribution in [0.1, 0.15) is 56.7 Å². The summed E-state index contributed by atoms with van der Waals surface area (Å²) < 4.78 is 10.8. The van der Waals surface area contributed by atoms with Gasteiger partial charge in [-0.15, -0.1) is 0 Å². The Labute approximate surface area is 173 Å². The molecule has 29 heavy (non-hydrogen) atoms. The number of carbonyl (C=O) groups excluding carboxylic acids is 1. The highest BCUT2D eigenvalue weighted by Gasteiger charge is 2.44. The monoisotopic (exact) mass is 394 g/mol. The maximum atomic E-state index is 12.4. The predicted octanol–water partition coefficient (Wildman–Crippen LogP) is 4.65. The lowest BCUT2D eigenvalue weighted by Crippen LogP contribution is -2.20. The van der Waals surface area contributed by atoms with Gasteiger partial charge in [-0.05, 0) is 59.6 Å². The zero-order valence-electron chi connectivity index (χ0n) is 17.9. The highest BCUT2D eigenvalue weighted by atomic mass is 16.5. The van der Waals surface area contributed by atoms with Crippen LogP contribution in [-0.2, 0) is 10.2 Å². The molecule has 0 unspecified atom stereocenters. The molecule has 154 valence electrons. The van der Waals surface area contributed by atoms with Gasteiger partial charge < -0.3 is 9.47 Å². The number of benzene rings is 2. The van der Waals surface area contributed by atoms with Crippen LogP contribution in [0.15, 0.2) is 47.6 Å². The minimum atomic E-state index is -0.0379. The molecule has 5 nitrogen and oxygen atoms in total. The molecule has 0 radical (unpaired) electrons. The first-order valence-corrected chi connectivity index (χ1v) is 10.1. The number of nitrogens with zero attached hydrogens (tertiary/aromatic N) is 1. The Balaban J connectivity index is 1.55. The van der Waals surface area contributed by atoms with Gasteiger partial charge in [0.2, 0.25) is 5.91 Å². The Hall–Kier alpha value is -2.82. The number of methoxy groups -OCH3 is 1. The summed E-state index contributed by atoms with van der Waals surface area (Å²) in [6.45, 7) is 9.10. The van der Waals surface area contributed by atoms with Gasteiger partial charge in [0, 0.05) is 5.92 Å². The number of hydrogen-bond acceptors (Lipinski definition) is 4. The second kappa shape index (κ2) is 8.68. The molecule has 0 spiro atoms. The number of hydrogen-bond donors (Lipinski definition) is 1. The molecule has 0 aliphatic heterocycles. The fourth-order valence-electron chi connectivity index (χ4n) is 3.38. The summed E-state index contributed by atoms with van der Waals surface area (Å²) in [5, 5.41) is 4.11. The lowest BCUT2D eigenvalue weighted by Gasteiger charge is -2.19. The van der Waals surface area contributed by atoms with Crippen LogP contribution in [0.3, 0.4) is 0 Å². The highest BCUT2D eigenvalue weighted by Crippen LogP contribution is 2.47. The number of hydrazone groups is 1. The Morgan fingerprint density at radius 3 is 2.52 bits per heavy atom. The normalized spacial score (nSPS) is 18.5. The fourth-order valence-corrected chi connectivity index (χ4v) is 3.38. The van der Waals surface area contributed by atoms with E-state index in [1.165, 1.54) is 11.1 Å². The fraction of sp³-hybridized carbons (Fsp3) is 0.417. The number of amides is 1. The summed E-state index contributed by atoms with van der Waals surface area (Å²) in [7, 11) is 1.60. The molecule has 0 aromatic heterocycles. The van der Waals surface area contributed by atoms with Crippen LogP contribution in [0.2, 0.25) is 0 Å². The number of carbonyl (C=O) groups is 1. The van der Waals surface area contributed by atoms with E-state index in [0.29, 0.717) is 18.1 Å². The van der Waals surface area contributed by atoms with Crippen molar-refractivity contribution in [1.29, 1.82) is 0 Å². The average molecular weight is 395 g/mol. The lowest BCUT2D eigenvalue weighted by molar-refractivity contribution is -0.122. The maximum absolute atomic E-state index is 12.4. The van der Waals surface area contributed by atoms with Crippen LogP contribution in [0.4, 0.5) is 0 Å². The van der Waals surface area contributed by atoms with E-state index in [4.69, 9.17) is 9.47 Å². The molecule has 5 heteroatoms. The van der Waals surface area contributed by atoms with Crippen molar-refractivity contribution >= 4 is 12.1 Å². The standard InChI is InChI=1S/C24H30N2O3/c1-6-29-21-12-7-16(13-22(21)28-5)15-25-26-23(27)20-14-19(20)17-8-10-18(11-9-17)24(2,3)4/h7-13,15,19-20H,6,14H2,1-5H3,(H,26,27)/t19-,20-/m1/s1. The molecule has 3 rings (SSSR count). The summed E-state index contributed by atoms with van der Waals surface area (Å²) in [6.07, 6.45) is 2.48. The Bertz CT molecular complexity index is 882. The molecular formula is C24H30N2O3. The highest BCUT2D eigenvalue weighted by molar-refractivity contribution is 5.86. The van der Waals surface area contributed by atoms with Crippen molar-refractivity contribution in [2.75, 3.05) is 13.7 Å². The third-order valence-electron chi connectivity index (χ3n) is 5.21. The van der Waals surface area contributed by atoms with Gasteiger partial charge in [0.05, 0.1) is 19.9 Å². The van der Waals surface area contributed by atoms with Crippen molar-refractivity contribution in [3.8, 4) is 11.5 Å². The van der Waals surface area contributed by atoms with Crippen LogP contribution in [0.25, 0.3) is 0 Å². The lowest BCUT2D eigenvalue weighted by atomic mass is 9.86. The molecule has 1 amide bonds. The average Bonchev–Trinajstić information content (AvgIpc) is 3.49. The van der Waals surface area contributed by atoms with Gasteiger partial charge in [0.25, 0.3) is 0 Å². The Morgan fingerprint density at radius 2 is 1.90 bits per heavy atom. The predicted molar refractivity (Wildman–Crippen MR) is 116 cm³/mol. The van der Waals surface area contributed by atoms with Crippen LogP contribution in [0, 0.1) is 5.92 Å². The quantitative estimate of drug-likeness (QED) is 0.549. The minimum Gasteiger partial charge on any atom is -0.493 e. The molecule has 1 saturated carbocycles. The second-order valence-electron chi connectivity index (χ2n) is 8.40. The molecule has 1 N–H and O–H groups in total. The van der Waals surface area contributed by atoms with Crippen molar-refractivity contribution in [3.05, 3.63) is 59.2 Å². The van der Waals surface area contributed by atoms with Crippen molar-refractivity contribution in [2.45, 2.75) is 45.4 Å². The van der Waals surface area contributed by atoms with Gasteiger partial charge in [-0.25, -0.2) is 5.43 Å². The molecule has 2 aromatic carbocycles. The van der Waals surface area contributed by atoms with E-state index < -0.39 is 0 Å². The zero-order chi connectivity index (χ0) is 21.0. The van der Waals surface area contributed by atoms with Crippen molar-refractivity contribution in [1.82, 2.24) is 5.43 Å². The molecule has 1 aliphatic rings. The summed E-state index contributed by atoms with van der Waals surface area (Å²) in [5.74, 6) is 1.56. The van der Waals surface area contributed by atoms with Gasteiger partial charge in [-0.2, -0.15) is 5.10 Å². The maximum Gasteiger partial charge on any atom is 0.243 e. The number of nitrogens with one attached hydrogen (secondary N) is 1. The summed E-state index contributed by atoms with van der Waals surface area (Å²) >= 11 is 0.